The monoisotopic (exact) mass is 397 g/mol. The first-order valence-corrected chi connectivity index (χ1v) is 10.1. The van der Waals surface area contributed by atoms with Gasteiger partial charge in [-0.3, -0.25) is 4.79 Å². The van der Waals surface area contributed by atoms with E-state index in [9.17, 15) is 4.79 Å². The van der Waals surface area contributed by atoms with Gasteiger partial charge >= 0.3 is 0 Å². The van der Waals surface area contributed by atoms with E-state index in [1.54, 1.807) is 25.0 Å². The third-order valence-corrected chi connectivity index (χ3v) is 5.72. The summed E-state index contributed by atoms with van der Waals surface area (Å²) in [4.78, 5) is 28.0. The third-order valence-electron chi connectivity index (χ3n) is 5.72. The number of hydrogen-bond acceptors (Lipinski definition) is 6. The Balaban J connectivity index is 1.63. The lowest BCUT2D eigenvalue weighted by atomic mass is 9.86. The average molecular weight is 398 g/mol. The summed E-state index contributed by atoms with van der Waals surface area (Å²) >= 11 is 0. The van der Waals surface area contributed by atoms with Crippen LogP contribution in [0.25, 0.3) is 0 Å². The number of rotatable bonds is 6. The van der Waals surface area contributed by atoms with Crippen LogP contribution in [0.3, 0.4) is 0 Å². The molecule has 3 heterocycles. The second-order valence-electron chi connectivity index (χ2n) is 8.26. The van der Waals surface area contributed by atoms with Gasteiger partial charge in [-0.15, -0.1) is 0 Å². The van der Waals surface area contributed by atoms with Crippen LogP contribution in [0.2, 0.25) is 0 Å². The molecule has 0 fully saturated rings. The Kier molecular flexibility index (Phi) is 6.05. The maximum Gasteiger partial charge on any atom is 0.231 e. The molecule has 0 bridgehead atoms. The van der Waals surface area contributed by atoms with Crippen molar-refractivity contribution >= 4 is 11.7 Å². The highest BCUT2D eigenvalue weighted by Gasteiger charge is 2.31. The van der Waals surface area contributed by atoms with Gasteiger partial charge in [-0.2, -0.15) is 4.98 Å². The predicted molar refractivity (Wildman–Crippen MR) is 113 cm³/mol. The van der Waals surface area contributed by atoms with Crippen molar-refractivity contribution in [2.45, 2.75) is 58.4 Å². The van der Waals surface area contributed by atoms with E-state index in [0.717, 1.165) is 30.8 Å². The summed E-state index contributed by atoms with van der Waals surface area (Å²) in [7, 11) is 3.42. The maximum atomic E-state index is 13.0. The van der Waals surface area contributed by atoms with Crippen molar-refractivity contribution in [1.29, 1.82) is 0 Å². The van der Waals surface area contributed by atoms with Crippen molar-refractivity contribution < 1.29 is 9.53 Å². The molecule has 1 aliphatic rings. The summed E-state index contributed by atoms with van der Waals surface area (Å²) in [6.07, 6.45) is 2.87. The molecule has 0 saturated carbocycles. The molecule has 0 spiro atoms. The molecule has 7 heteroatoms. The topological polar surface area (TPSA) is 80.2 Å². The van der Waals surface area contributed by atoms with Crippen LogP contribution in [0.4, 0.5) is 5.82 Å². The highest BCUT2D eigenvalue weighted by Crippen LogP contribution is 2.32. The summed E-state index contributed by atoms with van der Waals surface area (Å²) in [5.74, 6) is 1.74. The van der Waals surface area contributed by atoms with Crippen molar-refractivity contribution in [2.75, 3.05) is 26.0 Å². The van der Waals surface area contributed by atoms with E-state index >= 15 is 0 Å². The summed E-state index contributed by atoms with van der Waals surface area (Å²) < 4.78 is 5.21. The highest BCUT2D eigenvalue weighted by atomic mass is 16.5. The van der Waals surface area contributed by atoms with Gasteiger partial charge in [-0.25, -0.2) is 9.97 Å². The van der Waals surface area contributed by atoms with Gasteiger partial charge in [-0.05, 0) is 58.6 Å². The summed E-state index contributed by atoms with van der Waals surface area (Å²) in [6, 6.07) is 5.94. The van der Waals surface area contributed by atoms with Crippen LogP contribution in [0.5, 0.6) is 5.88 Å². The molecule has 0 saturated heterocycles. The zero-order valence-corrected chi connectivity index (χ0v) is 18.2. The number of anilines is 1. The molecule has 1 N–H and O–H groups in total. The first-order valence-electron chi connectivity index (χ1n) is 10.1. The fourth-order valence-electron chi connectivity index (χ4n) is 3.71. The number of pyridine rings is 1. The van der Waals surface area contributed by atoms with Crippen LogP contribution < -0.4 is 10.1 Å². The van der Waals surface area contributed by atoms with E-state index in [0.29, 0.717) is 23.9 Å². The molecule has 29 heavy (non-hydrogen) atoms. The Morgan fingerprint density at radius 2 is 2.07 bits per heavy atom. The number of amides is 1. The van der Waals surface area contributed by atoms with Crippen LogP contribution in [-0.4, -0.2) is 52.0 Å². The lowest BCUT2D eigenvalue weighted by Crippen LogP contribution is -2.43. The van der Waals surface area contributed by atoms with E-state index in [4.69, 9.17) is 4.74 Å². The van der Waals surface area contributed by atoms with Gasteiger partial charge in [0.15, 0.2) is 0 Å². The van der Waals surface area contributed by atoms with Crippen LogP contribution in [0, 0.1) is 13.8 Å². The molecule has 0 aliphatic carbocycles. The molecular weight excluding hydrogens is 366 g/mol. The predicted octanol–water partition coefficient (Wildman–Crippen LogP) is 3.27. The molecule has 0 aromatic carbocycles. The standard InChI is InChI=1S/C22H31N5O2/c1-14-7-8-17-9-10-22(4,26-20(17)23-14)11-12-27(5)21(28)15(2)18-13-19(29-6)25-16(3)24-18/h7-8,13,15H,9-12H2,1-6H3,(H,23,26)/t15-,22+/m0/s1. The number of hydrogen-bond donors (Lipinski definition) is 1. The minimum absolute atomic E-state index is 0.0407. The molecular formula is C22H31N5O2. The smallest absolute Gasteiger partial charge is 0.231 e. The number of nitrogens with one attached hydrogen (secondary N) is 1. The van der Waals surface area contributed by atoms with Gasteiger partial charge in [0, 0.05) is 30.9 Å². The molecule has 2 atom stereocenters. The summed E-state index contributed by atoms with van der Waals surface area (Å²) in [6.45, 7) is 8.56. The van der Waals surface area contributed by atoms with E-state index in [1.807, 2.05) is 20.9 Å². The molecule has 7 nitrogen and oxygen atoms in total. The van der Waals surface area contributed by atoms with Crippen LogP contribution >= 0.6 is 0 Å². The lowest BCUT2D eigenvalue weighted by molar-refractivity contribution is -0.131. The number of ether oxygens (including phenoxy) is 1. The van der Waals surface area contributed by atoms with Gasteiger partial charge in [0.25, 0.3) is 0 Å². The number of likely N-dealkylation sites (N-methyl/N-ethyl adjacent to an activating group) is 1. The van der Waals surface area contributed by atoms with E-state index in [2.05, 4.69) is 39.3 Å². The number of aromatic nitrogens is 3. The van der Waals surface area contributed by atoms with Gasteiger partial charge in [-0.1, -0.05) is 6.07 Å². The fraction of sp³-hybridized carbons (Fsp3) is 0.545. The Labute approximate surface area is 172 Å². The Morgan fingerprint density at radius 3 is 2.79 bits per heavy atom. The minimum atomic E-state index is -0.354. The molecule has 0 radical (unpaired) electrons. The molecule has 0 unspecified atom stereocenters. The van der Waals surface area contributed by atoms with Crippen molar-refractivity contribution in [2.24, 2.45) is 0 Å². The lowest BCUT2D eigenvalue weighted by Gasteiger charge is -2.37. The number of fused-ring (bicyclic) bond motifs is 1. The number of aryl methyl sites for hydroxylation is 3. The molecule has 2 aromatic rings. The Bertz CT molecular complexity index is 901. The fourth-order valence-corrected chi connectivity index (χ4v) is 3.71. The summed E-state index contributed by atoms with van der Waals surface area (Å²) in [5.41, 5.74) is 2.87. The quantitative estimate of drug-likeness (QED) is 0.806. The number of methoxy groups -OCH3 is 1. The van der Waals surface area contributed by atoms with Crippen molar-refractivity contribution in [3.8, 4) is 5.88 Å². The highest BCUT2D eigenvalue weighted by molar-refractivity contribution is 5.82. The van der Waals surface area contributed by atoms with Gasteiger partial charge in [0.1, 0.15) is 11.6 Å². The normalized spacial score (nSPS) is 19.1. The second-order valence-corrected chi connectivity index (χ2v) is 8.26. The van der Waals surface area contributed by atoms with Crippen LogP contribution in [0.15, 0.2) is 18.2 Å². The van der Waals surface area contributed by atoms with Gasteiger partial charge in [0.05, 0.1) is 18.7 Å². The largest absolute Gasteiger partial charge is 0.481 e. The third kappa shape index (κ3) is 4.83. The molecule has 156 valence electrons. The van der Waals surface area contributed by atoms with E-state index in [-0.39, 0.29) is 17.4 Å². The van der Waals surface area contributed by atoms with Gasteiger partial charge in [0.2, 0.25) is 11.8 Å². The minimum Gasteiger partial charge on any atom is -0.481 e. The number of carbonyl (C=O) groups excluding carboxylic acids is 1. The zero-order valence-electron chi connectivity index (χ0n) is 18.2. The molecule has 2 aromatic heterocycles. The van der Waals surface area contributed by atoms with Gasteiger partial charge < -0.3 is 15.0 Å². The maximum absolute atomic E-state index is 13.0. The van der Waals surface area contributed by atoms with Crippen molar-refractivity contribution in [3.63, 3.8) is 0 Å². The Morgan fingerprint density at radius 1 is 1.31 bits per heavy atom. The molecule has 1 aliphatic heterocycles. The average Bonchev–Trinajstić information content (AvgIpc) is 2.70. The van der Waals surface area contributed by atoms with Crippen LogP contribution in [-0.2, 0) is 11.2 Å². The first-order chi connectivity index (χ1) is 13.7. The van der Waals surface area contributed by atoms with Crippen LogP contribution in [0.1, 0.15) is 55.4 Å². The zero-order chi connectivity index (χ0) is 21.2. The molecule has 3 rings (SSSR count). The molecule has 1 amide bonds. The second kappa shape index (κ2) is 8.35. The number of nitrogens with zero attached hydrogens (tertiary/aromatic N) is 4. The van der Waals surface area contributed by atoms with E-state index < -0.39 is 0 Å². The first kappa shape index (κ1) is 21.0. The summed E-state index contributed by atoms with van der Waals surface area (Å²) in [5, 5.41) is 3.61. The van der Waals surface area contributed by atoms with Crippen molar-refractivity contribution in [1.82, 2.24) is 19.9 Å². The number of carbonyl (C=O) groups is 1. The Hall–Kier alpha value is -2.70. The SMILES string of the molecule is COc1cc([C@H](C)C(=O)N(C)CC[C@@]2(C)CCc3ccc(C)nc3N2)nc(C)n1. The van der Waals surface area contributed by atoms with E-state index in [1.165, 1.54) is 5.56 Å². The van der Waals surface area contributed by atoms with Crippen molar-refractivity contribution in [3.05, 3.63) is 41.0 Å².